The van der Waals surface area contributed by atoms with E-state index in [4.69, 9.17) is 18.6 Å². The predicted molar refractivity (Wildman–Crippen MR) is 133 cm³/mol. The fraction of sp³-hybridized carbons (Fsp3) is 0.423. The lowest BCUT2D eigenvalue weighted by atomic mass is 9.91. The van der Waals surface area contributed by atoms with Gasteiger partial charge >= 0.3 is 0 Å². The van der Waals surface area contributed by atoms with Crippen LogP contribution in [0.15, 0.2) is 45.6 Å². The SMILES string of the molecule is O=c1cc(-c2ccc(O)cc2)oc2cc(O)c(C3OC(O)C(O)C(OC4OC(CO)C(O)C(O)C4O)C3O)c(O)c12. The Labute approximate surface area is 229 Å². The number of hydrogen-bond acceptors (Lipinski definition) is 15. The molecule has 0 amide bonds. The van der Waals surface area contributed by atoms with Gasteiger partial charge in [0.25, 0.3) is 0 Å². The fourth-order valence-electron chi connectivity index (χ4n) is 4.94. The average Bonchev–Trinajstić information content (AvgIpc) is 2.93. The molecule has 2 aliphatic rings. The van der Waals surface area contributed by atoms with Gasteiger partial charge in [-0.1, -0.05) is 0 Å². The standard InChI is InChI=1S/C26H28O15/c27-7-14-17(31)19(33)20(34)26(39-14)41-24-21(35)23(40-25(37)22(24)36)16-11(30)6-13-15(18(16)32)10(29)5-12(38-13)8-1-3-9(28)4-2-8/h1-6,14,17,19-28,30-37H,7H2. The summed E-state index contributed by atoms with van der Waals surface area (Å²) in [4.78, 5) is 13.0. The van der Waals surface area contributed by atoms with Crippen molar-refractivity contribution in [1.82, 2.24) is 0 Å². The maximum absolute atomic E-state index is 13.0. The van der Waals surface area contributed by atoms with Gasteiger partial charge in [0, 0.05) is 17.7 Å². The Bertz CT molecular complexity index is 1450. The van der Waals surface area contributed by atoms with E-state index >= 15 is 0 Å². The second kappa shape index (κ2) is 11.1. The number of ether oxygens (including phenoxy) is 3. The summed E-state index contributed by atoms with van der Waals surface area (Å²) in [7, 11) is 0. The predicted octanol–water partition coefficient (Wildman–Crippen LogP) is -2.13. The highest BCUT2D eigenvalue weighted by Crippen LogP contribution is 2.45. The number of phenols is 3. The highest BCUT2D eigenvalue weighted by atomic mass is 16.7. The molecule has 10 unspecified atom stereocenters. The molecule has 41 heavy (non-hydrogen) atoms. The van der Waals surface area contributed by atoms with Crippen LogP contribution in [0.25, 0.3) is 22.3 Å². The molecule has 0 bridgehead atoms. The maximum atomic E-state index is 13.0. The average molecular weight is 580 g/mol. The molecule has 0 saturated carbocycles. The Hall–Kier alpha value is -3.35. The second-order valence-electron chi connectivity index (χ2n) is 9.78. The first-order chi connectivity index (χ1) is 19.4. The van der Waals surface area contributed by atoms with Crippen LogP contribution in [0.1, 0.15) is 11.7 Å². The minimum absolute atomic E-state index is 0.0241. The van der Waals surface area contributed by atoms with E-state index in [2.05, 4.69) is 0 Å². The summed E-state index contributed by atoms with van der Waals surface area (Å²) in [6.45, 7) is -0.787. The van der Waals surface area contributed by atoms with Gasteiger partial charge in [0.15, 0.2) is 18.0 Å². The number of rotatable bonds is 5. The molecule has 222 valence electrons. The Kier molecular flexibility index (Phi) is 7.92. The van der Waals surface area contributed by atoms with Crippen molar-refractivity contribution in [2.24, 2.45) is 0 Å². The summed E-state index contributed by atoms with van der Waals surface area (Å²) >= 11 is 0. The van der Waals surface area contributed by atoms with Crippen molar-refractivity contribution in [2.75, 3.05) is 6.61 Å². The first-order valence-corrected chi connectivity index (χ1v) is 12.4. The molecule has 15 heteroatoms. The molecule has 0 radical (unpaired) electrons. The zero-order valence-corrected chi connectivity index (χ0v) is 21.0. The first-order valence-electron chi connectivity index (χ1n) is 12.4. The van der Waals surface area contributed by atoms with Gasteiger partial charge in [-0.3, -0.25) is 4.79 Å². The number of aromatic hydroxyl groups is 3. The quantitative estimate of drug-likeness (QED) is 0.155. The highest BCUT2D eigenvalue weighted by molar-refractivity contribution is 5.88. The van der Waals surface area contributed by atoms with E-state index in [1.807, 2.05) is 0 Å². The Morgan fingerprint density at radius 3 is 2.15 bits per heavy atom. The number of aliphatic hydroxyl groups excluding tert-OH is 7. The van der Waals surface area contributed by atoms with Crippen LogP contribution in [0.3, 0.4) is 0 Å². The zero-order valence-electron chi connectivity index (χ0n) is 21.0. The Morgan fingerprint density at radius 2 is 1.49 bits per heavy atom. The molecule has 2 aromatic carbocycles. The Balaban J connectivity index is 1.50. The number of hydrogen-bond donors (Lipinski definition) is 10. The zero-order chi connectivity index (χ0) is 29.7. The smallest absolute Gasteiger partial charge is 0.197 e. The molecule has 3 heterocycles. The van der Waals surface area contributed by atoms with Crippen molar-refractivity contribution in [3.63, 3.8) is 0 Å². The number of fused-ring (bicyclic) bond motifs is 1. The van der Waals surface area contributed by atoms with Crippen LogP contribution in [-0.4, -0.2) is 113 Å². The van der Waals surface area contributed by atoms with E-state index in [9.17, 15) is 55.9 Å². The van der Waals surface area contributed by atoms with Crippen LogP contribution in [0.2, 0.25) is 0 Å². The normalized spacial score (nSPS) is 34.1. The van der Waals surface area contributed by atoms with E-state index in [1.165, 1.54) is 24.3 Å². The summed E-state index contributed by atoms with van der Waals surface area (Å²) < 4.78 is 21.6. The summed E-state index contributed by atoms with van der Waals surface area (Å²) in [6.07, 6.45) is -18.5. The number of aliphatic hydroxyl groups is 7. The first kappa shape index (κ1) is 29.2. The molecular formula is C26H28O15. The van der Waals surface area contributed by atoms with Gasteiger partial charge in [-0.15, -0.1) is 0 Å². The van der Waals surface area contributed by atoms with Crippen molar-refractivity contribution in [3.05, 3.63) is 52.2 Å². The van der Waals surface area contributed by atoms with Gasteiger partial charge in [0.1, 0.15) is 82.8 Å². The lowest BCUT2D eigenvalue weighted by molar-refractivity contribution is -0.355. The lowest BCUT2D eigenvalue weighted by Gasteiger charge is -2.45. The molecule has 0 aliphatic carbocycles. The summed E-state index contributed by atoms with van der Waals surface area (Å²) in [5.41, 5.74) is -1.17. The summed E-state index contributed by atoms with van der Waals surface area (Å²) in [6, 6.07) is 7.70. The summed E-state index contributed by atoms with van der Waals surface area (Å²) in [5.74, 6) is -1.58. The van der Waals surface area contributed by atoms with E-state index in [1.54, 1.807) is 0 Å². The van der Waals surface area contributed by atoms with E-state index in [0.717, 1.165) is 12.1 Å². The van der Waals surface area contributed by atoms with Gasteiger partial charge in [-0.2, -0.15) is 0 Å². The van der Waals surface area contributed by atoms with E-state index < -0.39 is 95.9 Å². The van der Waals surface area contributed by atoms with Gasteiger partial charge < -0.3 is 69.7 Å². The van der Waals surface area contributed by atoms with Crippen LogP contribution in [0.4, 0.5) is 0 Å². The molecule has 1 aromatic heterocycles. The lowest BCUT2D eigenvalue weighted by Crippen LogP contribution is -2.63. The Morgan fingerprint density at radius 1 is 0.805 bits per heavy atom. The van der Waals surface area contributed by atoms with Crippen LogP contribution >= 0.6 is 0 Å². The maximum Gasteiger partial charge on any atom is 0.197 e. The molecule has 10 atom stereocenters. The molecule has 2 aliphatic heterocycles. The topological polar surface area (TPSA) is 260 Å². The second-order valence-corrected chi connectivity index (χ2v) is 9.78. The molecular weight excluding hydrogens is 552 g/mol. The van der Waals surface area contributed by atoms with Crippen molar-refractivity contribution in [1.29, 1.82) is 0 Å². The molecule has 0 spiro atoms. The van der Waals surface area contributed by atoms with Crippen LogP contribution < -0.4 is 5.43 Å². The van der Waals surface area contributed by atoms with Gasteiger partial charge in [-0.25, -0.2) is 0 Å². The van der Waals surface area contributed by atoms with Crippen molar-refractivity contribution in [3.8, 4) is 28.6 Å². The molecule has 2 fully saturated rings. The number of benzene rings is 2. The third kappa shape index (κ3) is 5.13. The molecule has 2 saturated heterocycles. The van der Waals surface area contributed by atoms with Gasteiger partial charge in [-0.05, 0) is 24.3 Å². The minimum atomic E-state index is -2.10. The minimum Gasteiger partial charge on any atom is -0.508 e. The van der Waals surface area contributed by atoms with Crippen molar-refractivity contribution in [2.45, 2.75) is 61.4 Å². The highest BCUT2D eigenvalue weighted by Gasteiger charge is 2.51. The van der Waals surface area contributed by atoms with Gasteiger partial charge in [0.05, 0.1) is 12.2 Å². The molecule has 10 N–H and O–H groups in total. The van der Waals surface area contributed by atoms with Gasteiger partial charge in [0.2, 0.25) is 0 Å². The van der Waals surface area contributed by atoms with Crippen molar-refractivity contribution >= 4 is 11.0 Å². The monoisotopic (exact) mass is 580 g/mol. The van der Waals surface area contributed by atoms with Crippen molar-refractivity contribution < 1.29 is 69.7 Å². The molecule has 3 aromatic rings. The van der Waals surface area contributed by atoms with Crippen LogP contribution in [0.5, 0.6) is 17.2 Å². The molecule has 15 nitrogen and oxygen atoms in total. The number of phenolic OH excluding ortho intramolecular Hbond substituents is 3. The molecule has 5 rings (SSSR count). The third-order valence-electron chi connectivity index (χ3n) is 7.15. The van der Waals surface area contributed by atoms with E-state index in [-0.39, 0.29) is 17.1 Å². The van der Waals surface area contributed by atoms with Crippen LogP contribution in [0, 0.1) is 0 Å². The largest absolute Gasteiger partial charge is 0.508 e. The third-order valence-corrected chi connectivity index (χ3v) is 7.15. The summed E-state index contributed by atoms with van der Waals surface area (Å²) in [5, 5.41) is 103. The van der Waals surface area contributed by atoms with Crippen LogP contribution in [-0.2, 0) is 14.2 Å². The fourth-order valence-corrected chi connectivity index (χ4v) is 4.94. The van der Waals surface area contributed by atoms with E-state index in [0.29, 0.717) is 5.56 Å².